The van der Waals surface area contributed by atoms with Gasteiger partial charge >= 0.3 is 0 Å². The van der Waals surface area contributed by atoms with E-state index in [1.807, 2.05) is 13.8 Å². The maximum Gasteiger partial charge on any atom is 0.223 e. The average molecular weight is 304 g/mol. The van der Waals surface area contributed by atoms with Gasteiger partial charge in [0, 0.05) is 37.4 Å². The van der Waals surface area contributed by atoms with Gasteiger partial charge in [-0.3, -0.25) is 4.79 Å². The van der Waals surface area contributed by atoms with Crippen LogP contribution in [0.15, 0.2) is 4.52 Å². The summed E-state index contributed by atoms with van der Waals surface area (Å²) >= 11 is 0. The maximum atomic E-state index is 12.4. The van der Waals surface area contributed by atoms with Crippen molar-refractivity contribution >= 4 is 5.91 Å². The van der Waals surface area contributed by atoms with Crippen LogP contribution in [-0.2, 0) is 30.7 Å². The van der Waals surface area contributed by atoms with Gasteiger partial charge in [0.25, 0.3) is 0 Å². The minimum atomic E-state index is -0.0197. The number of carbonyl (C=O) groups excluding carboxylic acids is 1. The van der Waals surface area contributed by atoms with E-state index in [2.05, 4.69) is 26.0 Å². The SMILES string of the molecule is CCc1onc(C)c1CNC(=O)C1CCc2nnnn2CC1. The van der Waals surface area contributed by atoms with Crippen molar-refractivity contribution in [1.82, 2.24) is 30.7 Å². The van der Waals surface area contributed by atoms with Gasteiger partial charge in [-0.15, -0.1) is 5.10 Å². The smallest absolute Gasteiger partial charge is 0.223 e. The molecule has 8 heteroatoms. The summed E-state index contributed by atoms with van der Waals surface area (Å²) in [5.41, 5.74) is 1.83. The van der Waals surface area contributed by atoms with E-state index < -0.39 is 0 Å². The van der Waals surface area contributed by atoms with E-state index >= 15 is 0 Å². The highest BCUT2D eigenvalue weighted by Crippen LogP contribution is 2.19. The molecule has 0 radical (unpaired) electrons. The van der Waals surface area contributed by atoms with Crippen LogP contribution in [-0.4, -0.2) is 31.3 Å². The van der Waals surface area contributed by atoms with Crippen molar-refractivity contribution in [1.29, 1.82) is 0 Å². The zero-order chi connectivity index (χ0) is 15.5. The maximum absolute atomic E-state index is 12.4. The van der Waals surface area contributed by atoms with Gasteiger partial charge in [-0.25, -0.2) is 4.68 Å². The molecule has 8 nitrogen and oxygen atoms in total. The van der Waals surface area contributed by atoms with Gasteiger partial charge in [0.05, 0.1) is 5.69 Å². The number of aryl methyl sites for hydroxylation is 4. The molecule has 2 aromatic heterocycles. The lowest BCUT2D eigenvalue weighted by molar-refractivity contribution is -0.125. The Hall–Kier alpha value is -2.25. The molecular formula is C14H20N6O2. The van der Waals surface area contributed by atoms with Gasteiger partial charge in [-0.2, -0.15) is 0 Å². The largest absolute Gasteiger partial charge is 0.361 e. The molecule has 1 atom stereocenters. The molecular weight excluding hydrogens is 284 g/mol. The molecule has 2 aromatic rings. The Morgan fingerprint density at radius 1 is 1.45 bits per heavy atom. The van der Waals surface area contributed by atoms with Crippen molar-refractivity contribution in [2.45, 2.75) is 52.6 Å². The van der Waals surface area contributed by atoms with Gasteiger partial charge < -0.3 is 9.84 Å². The van der Waals surface area contributed by atoms with Crippen LogP contribution < -0.4 is 5.32 Å². The number of aromatic nitrogens is 5. The van der Waals surface area contributed by atoms with Gasteiger partial charge in [0.15, 0.2) is 5.82 Å². The van der Waals surface area contributed by atoms with Crippen LogP contribution in [0.4, 0.5) is 0 Å². The summed E-state index contributed by atoms with van der Waals surface area (Å²) in [5.74, 6) is 1.75. The third kappa shape index (κ3) is 2.86. The molecule has 0 bridgehead atoms. The third-order valence-corrected chi connectivity index (χ3v) is 4.21. The molecule has 0 fully saturated rings. The fourth-order valence-electron chi connectivity index (χ4n) is 2.82. The monoisotopic (exact) mass is 304 g/mol. The first-order valence-electron chi connectivity index (χ1n) is 7.65. The number of nitrogens with zero attached hydrogens (tertiary/aromatic N) is 5. The lowest BCUT2D eigenvalue weighted by atomic mass is 9.99. The minimum Gasteiger partial charge on any atom is -0.361 e. The highest BCUT2D eigenvalue weighted by molar-refractivity contribution is 5.78. The van der Waals surface area contributed by atoms with Crippen molar-refractivity contribution in [2.75, 3.05) is 0 Å². The molecule has 3 heterocycles. The molecule has 1 unspecified atom stereocenters. The Labute approximate surface area is 128 Å². The van der Waals surface area contributed by atoms with E-state index in [-0.39, 0.29) is 11.8 Å². The van der Waals surface area contributed by atoms with Crippen molar-refractivity contribution < 1.29 is 9.32 Å². The third-order valence-electron chi connectivity index (χ3n) is 4.21. The summed E-state index contributed by atoms with van der Waals surface area (Å²) in [5, 5.41) is 18.5. The van der Waals surface area contributed by atoms with E-state index in [9.17, 15) is 4.79 Å². The van der Waals surface area contributed by atoms with E-state index in [0.717, 1.165) is 48.5 Å². The molecule has 3 rings (SSSR count). The van der Waals surface area contributed by atoms with E-state index in [1.165, 1.54) is 0 Å². The summed E-state index contributed by atoms with van der Waals surface area (Å²) in [6.45, 7) is 5.07. The molecule has 1 aliphatic heterocycles. The van der Waals surface area contributed by atoms with Crippen LogP contribution >= 0.6 is 0 Å². The van der Waals surface area contributed by atoms with E-state index in [4.69, 9.17) is 4.52 Å². The Kier molecular flexibility index (Phi) is 4.17. The predicted octanol–water partition coefficient (Wildman–Crippen LogP) is 0.801. The molecule has 0 spiro atoms. The first-order valence-corrected chi connectivity index (χ1v) is 7.65. The predicted molar refractivity (Wildman–Crippen MR) is 76.7 cm³/mol. The molecule has 118 valence electrons. The topological polar surface area (TPSA) is 98.7 Å². The van der Waals surface area contributed by atoms with Crippen molar-refractivity contribution in [2.24, 2.45) is 5.92 Å². The minimum absolute atomic E-state index is 0.0197. The summed E-state index contributed by atoms with van der Waals surface area (Å²) < 4.78 is 7.03. The van der Waals surface area contributed by atoms with Gasteiger partial charge in [0.2, 0.25) is 5.91 Å². The standard InChI is InChI=1S/C14H20N6O2/c1-3-12-11(9(2)17-22-12)8-15-14(21)10-4-5-13-16-18-19-20(13)7-6-10/h10H,3-8H2,1-2H3,(H,15,21). The molecule has 1 aliphatic rings. The molecule has 0 saturated heterocycles. The van der Waals surface area contributed by atoms with E-state index in [0.29, 0.717) is 13.1 Å². The van der Waals surface area contributed by atoms with Crippen molar-refractivity contribution in [3.8, 4) is 0 Å². The van der Waals surface area contributed by atoms with Crippen LogP contribution in [0.3, 0.4) is 0 Å². The molecule has 1 amide bonds. The quantitative estimate of drug-likeness (QED) is 0.897. The Balaban J connectivity index is 1.58. The number of tetrazole rings is 1. The second kappa shape index (κ2) is 6.25. The molecule has 22 heavy (non-hydrogen) atoms. The van der Waals surface area contributed by atoms with Crippen LogP contribution in [0.5, 0.6) is 0 Å². The van der Waals surface area contributed by atoms with Gasteiger partial charge in [-0.1, -0.05) is 12.1 Å². The second-order valence-electron chi connectivity index (χ2n) is 5.58. The Morgan fingerprint density at radius 3 is 3.14 bits per heavy atom. The van der Waals surface area contributed by atoms with Crippen LogP contribution in [0.2, 0.25) is 0 Å². The first kappa shape index (κ1) is 14.7. The van der Waals surface area contributed by atoms with Crippen LogP contribution in [0.1, 0.15) is 42.6 Å². The van der Waals surface area contributed by atoms with Crippen LogP contribution in [0.25, 0.3) is 0 Å². The zero-order valence-corrected chi connectivity index (χ0v) is 12.9. The summed E-state index contributed by atoms with van der Waals surface area (Å²) in [6, 6.07) is 0. The van der Waals surface area contributed by atoms with E-state index in [1.54, 1.807) is 4.68 Å². The summed E-state index contributed by atoms with van der Waals surface area (Å²) in [7, 11) is 0. The highest BCUT2D eigenvalue weighted by Gasteiger charge is 2.24. The number of nitrogens with one attached hydrogen (secondary N) is 1. The summed E-state index contributed by atoms with van der Waals surface area (Å²) in [6.07, 6.45) is 3.04. The second-order valence-corrected chi connectivity index (χ2v) is 5.58. The van der Waals surface area contributed by atoms with Crippen molar-refractivity contribution in [3.63, 3.8) is 0 Å². The number of rotatable bonds is 4. The van der Waals surface area contributed by atoms with Gasteiger partial charge in [-0.05, 0) is 30.2 Å². The van der Waals surface area contributed by atoms with Gasteiger partial charge in [0.1, 0.15) is 5.76 Å². The molecule has 1 N–H and O–H groups in total. The Bertz CT molecular complexity index is 640. The van der Waals surface area contributed by atoms with Crippen molar-refractivity contribution in [3.05, 3.63) is 22.8 Å². The normalized spacial score (nSPS) is 17.8. The molecule has 0 saturated carbocycles. The number of hydrogen-bond donors (Lipinski definition) is 1. The summed E-state index contributed by atoms with van der Waals surface area (Å²) in [4.78, 5) is 12.4. The number of amides is 1. The average Bonchev–Trinajstić information content (AvgIpc) is 3.06. The lowest BCUT2D eigenvalue weighted by Crippen LogP contribution is -2.31. The molecule has 0 aliphatic carbocycles. The zero-order valence-electron chi connectivity index (χ0n) is 12.9. The first-order chi connectivity index (χ1) is 10.7. The number of carbonyl (C=O) groups is 1. The molecule has 0 aromatic carbocycles. The number of fused-ring (bicyclic) bond motifs is 1. The number of hydrogen-bond acceptors (Lipinski definition) is 6. The lowest BCUT2D eigenvalue weighted by Gasteiger charge is -2.13. The highest BCUT2D eigenvalue weighted by atomic mass is 16.5. The Morgan fingerprint density at radius 2 is 2.32 bits per heavy atom. The fraction of sp³-hybridized carbons (Fsp3) is 0.643. The van der Waals surface area contributed by atoms with Crippen LogP contribution in [0, 0.1) is 12.8 Å². The fourth-order valence-corrected chi connectivity index (χ4v) is 2.82.